The van der Waals surface area contributed by atoms with Crippen LogP contribution < -0.4 is 15.0 Å². The Morgan fingerprint density at radius 2 is 2.05 bits per heavy atom. The van der Waals surface area contributed by atoms with E-state index in [2.05, 4.69) is 15.3 Å². The minimum atomic E-state index is 0.679. The number of rotatable bonds is 6. The Hall–Kier alpha value is -2.14. The zero-order valence-corrected chi connectivity index (χ0v) is 12.4. The molecule has 2 aromatic rings. The molecule has 1 heterocycles. The third kappa shape index (κ3) is 3.49. The van der Waals surface area contributed by atoms with Gasteiger partial charge in [0.05, 0.1) is 7.11 Å². The van der Waals surface area contributed by atoms with Gasteiger partial charge in [0, 0.05) is 49.3 Å². The van der Waals surface area contributed by atoms with Gasteiger partial charge in [0.2, 0.25) is 5.95 Å². The Morgan fingerprint density at radius 3 is 2.71 bits per heavy atom. The fourth-order valence-electron chi connectivity index (χ4n) is 2.10. The number of nitrogens with zero attached hydrogens (tertiary/aromatic N) is 3. The molecule has 1 N–H and O–H groups in total. The number of anilines is 2. The van der Waals surface area contributed by atoms with Crippen LogP contribution in [0.4, 0.5) is 11.6 Å². The fourth-order valence-corrected chi connectivity index (χ4v) is 2.10. The van der Waals surface area contributed by atoms with E-state index in [-0.39, 0.29) is 0 Å². The maximum atomic E-state index is 5.24. The predicted molar refractivity (Wildman–Crippen MR) is 83.0 cm³/mol. The van der Waals surface area contributed by atoms with Crippen LogP contribution in [-0.4, -0.2) is 30.2 Å². The van der Waals surface area contributed by atoms with Crippen LogP contribution in [0.25, 0.3) is 0 Å². The second kappa shape index (κ2) is 6.10. The monoisotopic (exact) mass is 284 g/mol. The number of methoxy groups -OCH3 is 1. The van der Waals surface area contributed by atoms with E-state index in [1.54, 1.807) is 7.11 Å². The molecule has 1 fully saturated rings. The first-order valence-electron chi connectivity index (χ1n) is 7.18. The van der Waals surface area contributed by atoms with E-state index in [0.717, 1.165) is 23.5 Å². The molecule has 1 saturated carbocycles. The van der Waals surface area contributed by atoms with Crippen LogP contribution in [0.1, 0.15) is 18.4 Å². The predicted octanol–water partition coefficient (Wildman–Crippen LogP) is 2.51. The Kier molecular flexibility index (Phi) is 4.01. The molecule has 0 bridgehead atoms. The lowest BCUT2D eigenvalue weighted by Crippen LogP contribution is -2.17. The van der Waals surface area contributed by atoms with Crippen LogP contribution >= 0.6 is 0 Å². The molecule has 0 saturated heterocycles. The van der Waals surface area contributed by atoms with E-state index in [4.69, 9.17) is 4.74 Å². The Bertz CT molecular complexity index is 595. The van der Waals surface area contributed by atoms with Crippen LogP contribution in [0.15, 0.2) is 36.7 Å². The molecule has 1 aliphatic carbocycles. The molecular formula is C16H20N4O. The van der Waals surface area contributed by atoms with Crippen molar-refractivity contribution in [3.8, 4) is 5.75 Å². The van der Waals surface area contributed by atoms with E-state index in [9.17, 15) is 0 Å². The lowest BCUT2D eigenvalue weighted by molar-refractivity contribution is 0.415. The highest BCUT2D eigenvalue weighted by Crippen LogP contribution is 2.24. The molecule has 1 aromatic heterocycles. The summed E-state index contributed by atoms with van der Waals surface area (Å²) >= 11 is 0. The fraction of sp³-hybridized carbons (Fsp3) is 0.375. The molecule has 0 unspecified atom stereocenters. The first kappa shape index (κ1) is 13.8. The number of hydrogen-bond acceptors (Lipinski definition) is 5. The Labute approximate surface area is 125 Å². The maximum absolute atomic E-state index is 5.24. The van der Waals surface area contributed by atoms with Crippen molar-refractivity contribution >= 4 is 11.6 Å². The molecule has 110 valence electrons. The van der Waals surface area contributed by atoms with Gasteiger partial charge in [0.15, 0.2) is 0 Å². The number of benzene rings is 1. The van der Waals surface area contributed by atoms with Crippen LogP contribution in [-0.2, 0) is 6.54 Å². The van der Waals surface area contributed by atoms with Crippen molar-refractivity contribution in [2.75, 3.05) is 19.1 Å². The van der Waals surface area contributed by atoms with Gasteiger partial charge >= 0.3 is 0 Å². The van der Waals surface area contributed by atoms with Gasteiger partial charge in [0.25, 0.3) is 0 Å². The molecular weight excluding hydrogens is 264 g/mol. The molecule has 0 radical (unpaired) electrons. The normalized spacial score (nSPS) is 14.0. The van der Waals surface area contributed by atoms with Gasteiger partial charge in [-0.25, -0.2) is 9.97 Å². The van der Waals surface area contributed by atoms with Gasteiger partial charge in [0.1, 0.15) is 5.75 Å². The maximum Gasteiger partial charge on any atom is 0.229 e. The first-order chi connectivity index (χ1) is 10.3. The average Bonchev–Trinajstić information content (AvgIpc) is 3.37. The molecule has 1 aromatic carbocycles. The molecule has 1 aliphatic rings. The number of nitrogens with one attached hydrogen (secondary N) is 1. The van der Waals surface area contributed by atoms with Crippen molar-refractivity contribution in [3.63, 3.8) is 0 Å². The molecule has 5 heteroatoms. The summed E-state index contributed by atoms with van der Waals surface area (Å²) in [6.45, 7) is 0.841. The summed E-state index contributed by atoms with van der Waals surface area (Å²) < 4.78 is 5.24. The zero-order valence-electron chi connectivity index (χ0n) is 12.4. The van der Waals surface area contributed by atoms with Crippen LogP contribution in [0.5, 0.6) is 5.75 Å². The SMILES string of the molecule is COc1cccc(N(C)c2ncc(CNC3CC3)cn2)c1. The minimum Gasteiger partial charge on any atom is -0.497 e. The minimum absolute atomic E-state index is 0.679. The topological polar surface area (TPSA) is 50.3 Å². The summed E-state index contributed by atoms with van der Waals surface area (Å²) in [5.74, 6) is 1.50. The number of hydrogen-bond donors (Lipinski definition) is 1. The van der Waals surface area contributed by atoms with Gasteiger partial charge in [-0.05, 0) is 25.0 Å². The largest absolute Gasteiger partial charge is 0.497 e. The molecule has 5 nitrogen and oxygen atoms in total. The highest BCUT2D eigenvalue weighted by atomic mass is 16.5. The van der Waals surface area contributed by atoms with Gasteiger partial charge in [-0.3, -0.25) is 0 Å². The summed E-state index contributed by atoms with van der Waals surface area (Å²) in [6, 6.07) is 8.55. The third-order valence-corrected chi connectivity index (χ3v) is 3.60. The summed E-state index contributed by atoms with van der Waals surface area (Å²) in [5, 5.41) is 3.46. The molecule has 3 rings (SSSR count). The number of ether oxygens (including phenoxy) is 1. The highest BCUT2D eigenvalue weighted by Gasteiger charge is 2.20. The van der Waals surface area contributed by atoms with E-state index < -0.39 is 0 Å². The zero-order chi connectivity index (χ0) is 14.7. The Balaban J connectivity index is 1.69. The van der Waals surface area contributed by atoms with Gasteiger partial charge < -0.3 is 15.0 Å². The lowest BCUT2D eigenvalue weighted by Gasteiger charge is -2.17. The lowest BCUT2D eigenvalue weighted by atomic mass is 10.3. The molecule has 0 aliphatic heterocycles. The van der Waals surface area contributed by atoms with Crippen molar-refractivity contribution in [1.29, 1.82) is 0 Å². The smallest absolute Gasteiger partial charge is 0.229 e. The van der Waals surface area contributed by atoms with Gasteiger partial charge in [-0.1, -0.05) is 6.07 Å². The number of aromatic nitrogens is 2. The van der Waals surface area contributed by atoms with Gasteiger partial charge in [-0.2, -0.15) is 0 Å². The van der Waals surface area contributed by atoms with Crippen LogP contribution in [0.2, 0.25) is 0 Å². The van der Waals surface area contributed by atoms with Crippen molar-refractivity contribution in [1.82, 2.24) is 15.3 Å². The summed E-state index contributed by atoms with van der Waals surface area (Å²) in [5.41, 5.74) is 2.11. The quantitative estimate of drug-likeness (QED) is 0.883. The van der Waals surface area contributed by atoms with Crippen molar-refractivity contribution in [2.45, 2.75) is 25.4 Å². The highest BCUT2D eigenvalue weighted by molar-refractivity contribution is 5.58. The van der Waals surface area contributed by atoms with Crippen LogP contribution in [0, 0.1) is 0 Å². The van der Waals surface area contributed by atoms with Crippen LogP contribution in [0.3, 0.4) is 0 Å². The average molecular weight is 284 g/mol. The summed E-state index contributed by atoms with van der Waals surface area (Å²) in [4.78, 5) is 10.8. The second-order valence-corrected chi connectivity index (χ2v) is 5.31. The Morgan fingerprint density at radius 1 is 1.29 bits per heavy atom. The van der Waals surface area contributed by atoms with E-state index in [1.807, 2.05) is 48.6 Å². The van der Waals surface area contributed by atoms with E-state index >= 15 is 0 Å². The van der Waals surface area contributed by atoms with E-state index in [0.29, 0.717) is 12.0 Å². The molecule has 0 atom stereocenters. The summed E-state index contributed by atoms with van der Waals surface area (Å²) in [6.07, 6.45) is 6.35. The van der Waals surface area contributed by atoms with Gasteiger partial charge in [-0.15, -0.1) is 0 Å². The first-order valence-corrected chi connectivity index (χ1v) is 7.18. The summed E-state index contributed by atoms with van der Waals surface area (Å²) in [7, 11) is 3.61. The molecule has 21 heavy (non-hydrogen) atoms. The second-order valence-electron chi connectivity index (χ2n) is 5.31. The van der Waals surface area contributed by atoms with Crippen molar-refractivity contribution in [2.24, 2.45) is 0 Å². The molecule has 0 amide bonds. The standard InChI is InChI=1S/C16H20N4O/c1-20(14-4-3-5-15(8-14)21-2)16-18-10-12(11-19-16)9-17-13-6-7-13/h3-5,8,10-11,13,17H,6-7,9H2,1-2H3. The third-order valence-electron chi connectivity index (χ3n) is 3.60. The van der Waals surface area contributed by atoms with E-state index in [1.165, 1.54) is 12.8 Å². The molecule has 0 spiro atoms. The van der Waals surface area contributed by atoms with Crippen molar-refractivity contribution in [3.05, 3.63) is 42.2 Å². The van der Waals surface area contributed by atoms with Crippen molar-refractivity contribution < 1.29 is 4.74 Å².